The second-order valence-corrected chi connectivity index (χ2v) is 9.72. The predicted octanol–water partition coefficient (Wildman–Crippen LogP) is 2.63. The van der Waals surface area contributed by atoms with Crippen molar-refractivity contribution < 1.29 is 19.4 Å². The lowest BCUT2D eigenvalue weighted by Gasteiger charge is -2.40. The van der Waals surface area contributed by atoms with E-state index in [1.807, 2.05) is 13.0 Å². The van der Waals surface area contributed by atoms with Crippen LogP contribution in [0.25, 0.3) is 10.9 Å². The number of hydrogen-bond acceptors (Lipinski definition) is 7. The molecule has 12 nitrogen and oxygen atoms in total. The smallest absolute Gasteiger partial charge is 0.407 e. The Kier molecular flexibility index (Phi) is 6.77. The number of carbonyl (C=O) groups is 2. The van der Waals surface area contributed by atoms with Crippen LogP contribution >= 0.6 is 0 Å². The molecule has 2 aliphatic rings. The van der Waals surface area contributed by atoms with E-state index < -0.39 is 11.6 Å². The van der Waals surface area contributed by atoms with Crippen LogP contribution in [0.4, 0.5) is 16.3 Å². The number of morpholine rings is 1. The second-order valence-electron chi connectivity index (χ2n) is 9.72. The molecule has 198 valence electrons. The molecule has 38 heavy (non-hydrogen) atoms. The fraction of sp³-hybridized carbons (Fsp3) is 0.423. The highest BCUT2D eigenvalue weighted by Gasteiger charge is 2.40. The number of carboxylic acid groups (broad SMARTS) is 1. The lowest BCUT2D eigenvalue weighted by Crippen LogP contribution is -2.48. The third-order valence-corrected chi connectivity index (χ3v) is 7.44. The van der Waals surface area contributed by atoms with Crippen molar-refractivity contribution in [3.63, 3.8) is 0 Å². The normalized spacial score (nSPS) is 17.3. The molecule has 3 N–H and O–H groups in total. The molecule has 0 aliphatic carbocycles. The third kappa shape index (κ3) is 4.56. The number of likely N-dealkylation sites (tertiary alicyclic amines) is 1. The number of aryl methyl sites for hydroxylation is 1. The monoisotopic (exact) mass is 519 g/mol. The number of fused-ring (bicyclic) bond motifs is 1. The molecule has 0 radical (unpaired) electrons. The first-order valence-corrected chi connectivity index (χ1v) is 12.5. The zero-order chi connectivity index (χ0) is 26.9. The minimum Gasteiger partial charge on any atom is -0.465 e. The number of nitrogens with one attached hydrogen (secondary N) is 2. The molecule has 2 aromatic heterocycles. The summed E-state index contributed by atoms with van der Waals surface area (Å²) in [5.74, 6) is 0.279. The molecule has 4 heterocycles. The Morgan fingerprint density at radius 3 is 2.58 bits per heavy atom. The second kappa shape index (κ2) is 10.2. The van der Waals surface area contributed by atoms with Gasteiger partial charge in [0.15, 0.2) is 5.82 Å². The van der Waals surface area contributed by atoms with Crippen LogP contribution in [0.5, 0.6) is 0 Å². The van der Waals surface area contributed by atoms with Crippen LogP contribution in [-0.4, -0.2) is 81.1 Å². The number of rotatable bonds is 5. The number of hydrogen-bond donors (Lipinski definition) is 3. The van der Waals surface area contributed by atoms with E-state index in [0.29, 0.717) is 67.1 Å². The van der Waals surface area contributed by atoms with Crippen molar-refractivity contribution in [2.75, 3.05) is 44.7 Å². The topological polar surface area (TPSA) is 157 Å². The number of ether oxygens (including phenoxy) is 1. The molecule has 0 atom stereocenters. The number of piperidine rings is 1. The number of carbonyl (C=O) groups excluding carboxylic acids is 1. The minimum absolute atomic E-state index is 0.0466. The van der Waals surface area contributed by atoms with E-state index in [0.717, 1.165) is 5.56 Å². The number of anilines is 2. The van der Waals surface area contributed by atoms with Gasteiger partial charge in [0.1, 0.15) is 5.39 Å². The van der Waals surface area contributed by atoms with Gasteiger partial charge in [0.2, 0.25) is 0 Å². The minimum atomic E-state index is -0.995. The molecule has 2 fully saturated rings. The molecule has 2 aliphatic heterocycles. The van der Waals surface area contributed by atoms with Gasteiger partial charge in [-0.05, 0) is 49.6 Å². The van der Waals surface area contributed by atoms with E-state index >= 15 is 0 Å². The molecular formula is C26H29N7O5. The average molecular weight is 520 g/mol. The molecule has 0 bridgehead atoms. The molecule has 0 saturated carbocycles. The number of amides is 2. The van der Waals surface area contributed by atoms with E-state index in [2.05, 4.69) is 16.4 Å². The highest BCUT2D eigenvalue weighted by atomic mass is 16.5. The molecule has 12 heteroatoms. The number of pyridine rings is 1. The van der Waals surface area contributed by atoms with Crippen molar-refractivity contribution in [1.82, 2.24) is 24.6 Å². The molecule has 3 aromatic rings. The Bertz CT molecular complexity index is 1470. The molecular weight excluding hydrogens is 490 g/mol. The average Bonchev–Trinajstić information content (AvgIpc) is 3.29. The SMILES string of the molecule is Cc1cc(Nc2nn(C3(CC#N)CCN(C(=O)O)CC3)c3cc[nH]c(=O)c23)ccc1C(=O)N1CCOCC1. The Labute approximate surface area is 218 Å². The summed E-state index contributed by atoms with van der Waals surface area (Å²) in [6.07, 6.45) is 1.46. The Hall–Kier alpha value is -4.37. The van der Waals surface area contributed by atoms with Crippen LogP contribution in [0, 0.1) is 18.3 Å². The molecule has 0 spiro atoms. The zero-order valence-corrected chi connectivity index (χ0v) is 21.1. The number of aromatic nitrogens is 3. The quantitative estimate of drug-likeness (QED) is 0.464. The Morgan fingerprint density at radius 1 is 1.18 bits per heavy atom. The fourth-order valence-electron chi connectivity index (χ4n) is 5.31. The van der Waals surface area contributed by atoms with Gasteiger partial charge in [0.05, 0.1) is 36.8 Å². The number of nitrogens with zero attached hydrogens (tertiary/aromatic N) is 5. The fourth-order valence-corrected chi connectivity index (χ4v) is 5.31. The summed E-state index contributed by atoms with van der Waals surface area (Å²) < 4.78 is 7.06. The third-order valence-electron chi connectivity index (χ3n) is 7.44. The number of H-pyrrole nitrogens is 1. The highest BCUT2D eigenvalue weighted by molar-refractivity contribution is 5.96. The van der Waals surface area contributed by atoms with Crippen LogP contribution in [0.15, 0.2) is 35.3 Å². The van der Waals surface area contributed by atoms with Crippen LogP contribution in [-0.2, 0) is 10.3 Å². The maximum Gasteiger partial charge on any atom is 0.407 e. The van der Waals surface area contributed by atoms with Gasteiger partial charge in [-0.15, -0.1) is 0 Å². The van der Waals surface area contributed by atoms with Crippen LogP contribution < -0.4 is 10.9 Å². The van der Waals surface area contributed by atoms with Crippen LogP contribution in [0.3, 0.4) is 0 Å². The van der Waals surface area contributed by atoms with Crippen molar-refractivity contribution >= 4 is 34.4 Å². The largest absolute Gasteiger partial charge is 0.465 e. The number of benzene rings is 1. The maximum absolute atomic E-state index is 13.0. The van der Waals surface area contributed by atoms with E-state index in [4.69, 9.17) is 9.84 Å². The Balaban J connectivity index is 1.49. The molecule has 1 aromatic carbocycles. The van der Waals surface area contributed by atoms with Gasteiger partial charge < -0.3 is 29.9 Å². The van der Waals surface area contributed by atoms with Gasteiger partial charge in [0.25, 0.3) is 11.5 Å². The van der Waals surface area contributed by atoms with E-state index in [1.54, 1.807) is 27.8 Å². The number of aromatic amines is 1. The molecule has 0 unspecified atom stereocenters. The summed E-state index contributed by atoms with van der Waals surface area (Å²) in [5, 5.41) is 27.4. The zero-order valence-electron chi connectivity index (χ0n) is 21.1. The van der Waals surface area contributed by atoms with Crippen molar-refractivity contribution in [2.45, 2.75) is 31.7 Å². The van der Waals surface area contributed by atoms with Gasteiger partial charge in [-0.1, -0.05) is 0 Å². The highest BCUT2D eigenvalue weighted by Crippen LogP contribution is 2.37. The lowest BCUT2D eigenvalue weighted by atomic mass is 9.85. The van der Waals surface area contributed by atoms with E-state index in [9.17, 15) is 24.8 Å². The van der Waals surface area contributed by atoms with Gasteiger partial charge in [-0.25, -0.2) is 4.79 Å². The van der Waals surface area contributed by atoms with Gasteiger partial charge in [-0.3, -0.25) is 14.3 Å². The summed E-state index contributed by atoms with van der Waals surface area (Å²) in [6, 6.07) is 9.35. The summed E-state index contributed by atoms with van der Waals surface area (Å²) in [4.78, 5) is 43.1. The first kappa shape index (κ1) is 25.3. The van der Waals surface area contributed by atoms with Crippen molar-refractivity contribution in [2.24, 2.45) is 0 Å². The predicted molar refractivity (Wildman–Crippen MR) is 139 cm³/mol. The van der Waals surface area contributed by atoms with Crippen LogP contribution in [0.2, 0.25) is 0 Å². The lowest BCUT2D eigenvalue weighted by molar-refractivity contribution is 0.0302. The molecule has 5 rings (SSSR count). The van der Waals surface area contributed by atoms with E-state index in [-0.39, 0.29) is 31.0 Å². The summed E-state index contributed by atoms with van der Waals surface area (Å²) in [7, 11) is 0. The number of nitriles is 1. The van der Waals surface area contributed by atoms with Gasteiger partial charge in [-0.2, -0.15) is 10.4 Å². The van der Waals surface area contributed by atoms with Crippen molar-refractivity contribution in [3.05, 3.63) is 51.9 Å². The van der Waals surface area contributed by atoms with Crippen molar-refractivity contribution in [3.8, 4) is 6.07 Å². The summed E-state index contributed by atoms with van der Waals surface area (Å²) >= 11 is 0. The maximum atomic E-state index is 13.0. The first-order chi connectivity index (χ1) is 18.3. The first-order valence-electron chi connectivity index (χ1n) is 12.5. The molecule has 2 saturated heterocycles. The van der Waals surface area contributed by atoms with Crippen molar-refractivity contribution in [1.29, 1.82) is 5.26 Å². The molecule has 2 amide bonds. The summed E-state index contributed by atoms with van der Waals surface area (Å²) in [6.45, 7) is 4.55. The standard InChI is InChI=1S/C26H29N7O5/c1-17-16-18(2-3-19(17)24(35)31-12-14-38-15-13-31)29-22-21-20(4-9-28-23(21)34)33(30-22)26(5-8-27)6-10-32(11-7-26)25(36)37/h2-4,9,16H,5-7,10-15H2,1H3,(H,28,34)(H,29,30)(H,36,37). The van der Waals surface area contributed by atoms with Gasteiger partial charge in [0, 0.05) is 43.6 Å². The summed E-state index contributed by atoms with van der Waals surface area (Å²) in [5.41, 5.74) is 1.52. The van der Waals surface area contributed by atoms with E-state index in [1.165, 1.54) is 11.1 Å². The van der Waals surface area contributed by atoms with Gasteiger partial charge >= 0.3 is 6.09 Å². The van der Waals surface area contributed by atoms with Crippen LogP contribution in [0.1, 0.15) is 35.2 Å². The Morgan fingerprint density at radius 2 is 1.92 bits per heavy atom.